The number of rotatable bonds is 7. The van der Waals surface area contributed by atoms with E-state index in [-0.39, 0.29) is 0 Å². The zero-order chi connectivity index (χ0) is 40.3. The summed E-state index contributed by atoms with van der Waals surface area (Å²) in [5.41, 5.74) is 12.5. The van der Waals surface area contributed by atoms with Gasteiger partial charge in [-0.15, -0.1) is 22.7 Å². The fourth-order valence-electron chi connectivity index (χ4n) is 10.3. The van der Waals surface area contributed by atoms with Crippen LogP contribution in [0.15, 0.2) is 194 Å². The van der Waals surface area contributed by atoms with Crippen LogP contribution in [0.1, 0.15) is 43.6 Å². The summed E-state index contributed by atoms with van der Waals surface area (Å²) in [5.74, 6) is 0.585. The third-order valence-corrected chi connectivity index (χ3v) is 15.5. The number of para-hydroxylation sites is 2. The van der Waals surface area contributed by atoms with Crippen molar-refractivity contribution >= 4 is 90.9 Å². The van der Waals surface area contributed by atoms with E-state index in [9.17, 15) is 0 Å². The second-order valence-electron chi connectivity index (χ2n) is 16.6. The predicted molar refractivity (Wildman–Crippen MR) is 267 cm³/mol. The molecule has 2 heterocycles. The summed E-state index contributed by atoms with van der Waals surface area (Å²) in [7, 11) is 0. The topological polar surface area (TPSA) is 3.24 Å². The molecule has 9 aromatic carbocycles. The minimum absolute atomic E-state index is 0.585. The van der Waals surface area contributed by atoms with Gasteiger partial charge in [-0.05, 0) is 99.8 Å². The van der Waals surface area contributed by atoms with E-state index >= 15 is 0 Å². The molecule has 1 saturated carbocycles. The number of fused-ring (bicyclic) bond motifs is 7. The number of hydrogen-bond acceptors (Lipinski definition) is 3. The minimum atomic E-state index is 0.585. The van der Waals surface area contributed by atoms with Gasteiger partial charge in [0.25, 0.3) is 0 Å². The first-order valence-electron chi connectivity index (χ1n) is 21.7. The van der Waals surface area contributed by atoms with Crippen LogP contribution >= 0.6 is 22.7 Å². The first kappa shape index (κ1) is 36.3. The minimum Gasteiger partial charge on any atom is -0.309 e. The van der Waals surface area contributed by atoms with Gasteiger partial charge in [-0.1, -0.05) is 171 Å². The second kappa shape index (κ2) is 15.2. The van der Waals surface area contributed by atoms with Crippen LogP contribution < -0.4 is 4.90 Å². The number of nitrogens with zero attached hydrogens (tertiary/aromatic N) is 1. The molecule has 61 heavy (non-hydrogen) atoms. The molecule has 1 fully saturated rings. The van der Waals surface area contributed by atoms with Crippen molar-refractivity contribution in [2.45, 2.75) is 38.0 Å². The van der Waals surface area contributed by atoms with E-state index in [1.54, 1.807) is 0 Å². The molecule has 0 bridgehead atoms. The van der Waals surface area contributed by atoms with Gasteiger partial charge >= 0.3 is 0 Å². The maximum atomic E-state index is 2.53. The van der Waals surface area contributed by atoms with Gasteiger partial charge in [-0.3, -0.25) is 0 Å². The van der Waals surface area contributed by atoms with Gasteiger partial charge in [-0.25, -0.2) is 0 Å². The molecule has 11 aromatic rings. The summed E-state index contributed by atoms with van der Waals surface area (Å²) in [6.07, 6.45) is 6.49. The molecule has 292 valence electrons. The van der Waals surface area contributed by atoms with Gasteiger partial charge in [0.05, 0.1) is 11.4 Å². The van der Waals surface area contributed by atoms with Crippen LogP contribution in [0.5, 0.6) is 0 Å². The van der Waals surface area contributed by atoms with Crippen molar-refractivity contribution in [1.82, 2.24) is 0 Å². The van der Waals surface area contributed by atoms with Crippen LogP contribution in [0, 0.1) is 0 Å². The zero-order valence-electron chi connectivity index (χ0n) is 33.9. The molecule has 1 aliphatic rings. The van der Waals surface area contributed by atoms with Crippen molar-refractivity contribution in [3.8, 4) is 33.4 Å². The van der Waals surface area contributed by atoms with Gasteiger partial charge in [0.2, 0.25) is 0 Å². The Labute approximate surface area is 364 Å². The molecule has 3 heteroatoms. The van der Waals surface area contributed by atoms with Gasteiger partial charge < -0.3 is 4.90 Å². The summed E-state index contributed by atoms with van der Waals surface area (Å²) < 4.78 is 5.30. The fourth-order valence-corrected chi connectivity index (χ4v) is 12.7. The highest BCUT2D eigenvalue weighted by molar-refractivity contribution is 7.26. The molecule has 2 aromatic heterocycles. The number of benzene rings is 9. The summed E-state index contributed by atoms with van der Waals surface area (Å²) in [5, 5.41) is 8.00. The van der Waals surface area contributed by atoms with Crippen LogP contribution in [-0.4, -0.2) is 0 Å². The summed E-state index contributed by atoms with van der Waals surface area (Å²) >= 11 is 3.77. The molecule has 0 saturated heterocycles. The van der Waals surface area contributed by atoms with Crippen molar-refractivity contribution in [2.24, 2.45) is 0 Å². The average Bonchev–Trinajstić information content (AvgIpc) is 3.91. The van der Waals surface area contributed by atoms with Crippen LogP contribution in [0.2, 0.25) is 0 Å². The summed E-state index contributed by atoms with van der Waals surface area (Å²) in [4.78, 5) is 2.53. The molecule has 0 aliphatic heterocycles. The van der Waals surface area contributed by atoms with Gasteiger partial charge in [0.1, 0.15) is 0 Å². The van der Waals surface area contributed by atoms with E-state index < -0.39 is 0 Å². The highest BCUT2D eigenvalue weighted by Crippen LogP contribution is 2.50. The Morgan fingerprint density at radius 3 is 1.67 bits per heavy atom. The van der Waals surface area contributed by atoms with Crippen molar-refractivity contribution in [3.05, 3.63) is 200 Å². The molecular weight excluding hydrogens is 775 g/mol. The van der Waals surface area contributed by atoms with Gasteiger partial charge in [-0.2, -0.15) is 0 Å². The van der Waals surface area contributed by atoms with Gasteiger partial charge in [0, 0.05) is 57.2 Å². The zero-order valence-corrected chi connectivity index (χ0v) is 35.5. The van der Waals surface area contributed by atoms with Crippen LogP contribution in [0.25, 0.3) is 84.5 Å². The van der Waals surface area contributed by atoms with E-state index in [4.69, 9.17) is 0 Å². The quantitative estimate of drug-likeness (QED) is 0.155. The monoisotopic (exact) mass is 817 g/mol. The molecule has 1 aliphatic carbocycles. The standard InChI is InChI=1S/C58H43NS2/c1-2-16-38(17-3-1)42-24-12-18-40-19-13-26-47(56(40)42)44-20-4-8-29-51(44)59(41-36-34-39(35-37-41)43-25-14-28-49-46-22-6-10-31-53(46)61-58(43)49)52-30-9-5-21-45(52)48-27-15-33-55-57(48)50-23-7-11-32-54(50)60-55/h4-15,18-38H,1-3,16-17H2. The van der Waals surface area contributed by atoms with Crippen LogP contribution in [0.3, 0.4) is 0 Å². The molecule has 1 nitrogen and oxygen atoms in total. The Balaban J connectivity index is 1.09. The summed E-state index contributed by atoms with van der Waals surface area (Å²) in [6, 6.07) is 72.7. The van der Waals surface area contributed by atoms with E-state index in [1.165, 1.54) is 128 Å². The Bertz CT molecular complexity index is 3410. The maximum absolute atomic E-state index is 2.53. The first-order chi connectivity index (χ1) is 30.3. The SMILES string of the molecule is c1ccc(N(c2ccc(-c3cccc4c3sc3ccccc34)cc2)c2ccccc2-c2cccc3sc4ccccc4c23)c(-c2cccc3cccc(C4CCCCC4)c23)c1. The third kappa shape index (κ3) is 6.18. The highest BCUT2D eigenvalue weighted by Gasteiger charge is 2.25. The second-order valence-corrected chi connectivity index (χ2v) is 18.7. The van der Waals surface area contributed by atoms with Crippen LogP contribution in [0.4, 0.5) is 17.1 Å². The van der Waals surface area contributed by atoms with Gasteiger partial charge in [0.15, 0.2) is 0 Å². The summed E-state index contributed by atoms with van der Waals surface area (Å²) in [6.45, 7) is 0. The Hall–Kier alpha value is -6.52. The van der Waals surface area contributed by atoms with Crippen LogP contribution in [-0.2, 0) is 0 Å². The highest BCUT2D eigenvalue weighted by atomic mass is 32.1. The molecular formula is C58H43NS2. The van der Waals surface area contributed by atoms with E-state index in [1.807, 2.05) is 22.7 Å². The lowest BCUT2D eigenvalue weighted by Gasteiger charge is -2.31. The number of anilines is 3. The predicted octanol–water partition coefficient (Wildman–Crippen LogP) is 18.1. The normalized spacial score (nSPS) is 13.5. The number of thiophene rings is 2. The molecule has 0 spiro atoms. The van der Waals surface area contributed by atoms with Crippen molar-refractivity contribution in [2.75, 3.05) is 4.90 Å². The van der Waals surface area contributed by atoms with Crippen molar-refractivity contribution in [1.29, 1.82) is 0 Å². The largest absolute Gasteiger partial charge is 0.309 e. The fraction of sp³-hybridized carbons (Fsp3) is 0.103. The Morgan fingerprint density at radius 2 is 0.918 bits per heavy atom. The molecule has 0 unspecified atom stereocenters. The molecule has 0 amide bonds. The first-order valence-corrected chi connectivity index (χ1v) is 23.3. The maximum Gasteiger partial charge on any atom is 0.0540 e. The van der Waals surface area contributed by atoms with Crippen molar-refractivity contribution in [3.63, 3.8) is 0 Å². The smallest absolute Gasteiger partial charge is 0.0540 e. The average molecular weight is 818 g/mol. The third-order valence-electron chi connectivity index (χ3n) is 13.1. The lowest BCUT2D eigenvalue weighted by molar-refractivity contribution is 0.445. The number of hydrogen-bond donors (Lipinski definition) is 0. The van der Waals surface area contributed by atoms with Crippen molar-refractivity contribution < 1.29 is 0 Å². The molecule has 12 rings (SSSR count). The van der Waals surface area contributed by atoms with E-state index in [2.05, 4.69) is 199 Å². The van der Waals surface area contributed by atoms with E-state index in [0.29, 0.717) is 5.92 Å². The molecule has 0 atom stereocenters. The van der Waals surface area contributed by atoms with E-state index in [0.717, 1.165) is 11.4 Å². The molecule has 0 N–H and O–H groups in total. The Morgan fingerprint density at radius 1 is 0.377 bits per heavy atom. The Kier molecular flexibility index (Phi) is 9.05. The lowest BCUT2D eigenvalue weighted by Crippen LogP contribution is -2.12. The lowest BCUT2D eigenvalue weighted by atomic mass is 9.80. The molecule has 0 radical (unpaired) electrons.